The van der Waals surface area contributed by atoms with Gasteiger partial charge in [0.15, 0.2) is 0 Å². The summed E-state index contributed by atoms with van der Waals surface area (Å²) in [6.45, 7) is 0.842. The zero-order chi connectivity index (χ0) is 13.1. The molecule has 0 saturated heterocycles. The van der Waals surface area contributed by atoms with Crippen LogP contribution in [0.3, 0.4) is 0 Å². The van der Waals surface area contributed by atoms with E-state index in [1.165, 1.54) is 19.3 Å². The normalized spacial score (nSPS) is 15.1. The minimum Gasteiger partial charge on any atom is -0.387 e. The van der Waals surface area contributed by atoms with Gasteiger partial charge in [0.2, 0.25) is 0 Å². The fourth-order valence-electron chi connectivity index (χ4n) is 2.26. The molecule has 1 aliphatic carbocycles. The number of anilines is 1. The number of carbonyl (C=O) groups excluding carboxylic acids is 1. The summed E-state index contributed by atoms with van der Waals surface area (Å²) >= 11 is 5.97. The Morgan fingerprint density at radius 3 is 2.78 bits per heavy atom. The van der Waals surface area contributed by atoms with Crippen LogP contribution in [0.15, 0.2) is 18.2 Å². The van der Waals surface area contributed by atoms with Gasteiger partial charge in [-0.1, -0.05) is 18.0 Å². The average molecular weight is 267 g/mol. The predicted octanol–water partition coefficient (Wildman–Crippen LogP) is 3.25. The Hall–Kier alpha value is -1.22. The lowest BCUT2D eigenvalue weighted by molar-refractivity contribution is 0.0746. The second-order valence-corrected chi connectivity index (χ2v) is 5.36. The maximum absolute atomic E-state index is 12.4. The molecule has 1 saturated carbocycles. The van der Waals surface area contributed by atoms with Crippen LogP contribution in [0.25, 0.3) is 0 Å². The minimum atomic E-state index is 0.0359. The standard InChI is InChI=1S/C14H19ClN2O/c1-16-13-7-6-11(15)8-12(13)14(18)17(2)9-10-4-3-5-10/h6-8,10,16H,3-5,9H2,1-2H3. The molecule has 4 heteroatoms. The van der Waals surface area contributed by atoms with Gasteiger partial charge in [-0.05, 0) is 37.0 Å². The first-order valence-electron chi connectivity index (χ1n) is 6.34. The Kier molecular flexibility index (Phi) is 4.12. The number of nitrogens with zero attached hydrogens (tertiary/aromatic N) is 1. The van der Waals surface area contributed by atoms with Crippen molar-refractivity contribution in [2.24, 2.45) is 5.92 Å². The Bertz CT molecular complexity index is 443. The number of rotatable bonds is 4. The van der Waals surface area contributed by atoms with Gasteiger partial charge < -0.3 is 10.2 Å². The fourth-order valence-corrected chi connectivity index (χ4v) is 2.43. The van der Waals surface area contributed by atoms with E-state index in [1.807, 2.05) is 20.2 Å². The molecule has 3 nitrogen and oxygen atoms in total. The van der Waals surface area contributed by atoms with Crippen LogP contribution >= 0.6 is 11.6 Å². The van der Waals surface area contributed by atoms with E-state index >= 15 is 0 Å². The topological polar surface area (TPSA) is 32.3 Å². The quantitative estimate of drug-likeness (QED) is 0.907. The molecule has 0 spiro atoms. The lowest BCUT2D eigenvalue weighted by Crippen LogP contribution is -2.34. The number of nitrogens with one attached hydrogen (secondary N) is 1. The van der Waals surface area contributed by atoms with Crippen molar-refractivity contribution in [2.75, 3.05) is 26.0 Å². The average Bonchev–Trinajstić information content (AvgIpc) is 2.32. The van der Waals surface area contributed by atoms with Gasteiger partial charge in [0, 0.05) is 31.4 Å². The Balaban J connectivity index is 2.13. The van der Waals surface area contributed by atoms with E-state index in [4.69, 9.17) is 11.6 Å². The van der Waals surface area contributed by atoms with Crippen LogP contribution in [0.5, 0.6) is 0 Å². The zero-order valence-electron chi connectivity index (χ0n) is 10.9. The molecule has 0 unspecified atom stereocenters. The van der Waals surface area contributed by atoms with Crippen LogP contribution in [-0.2, 0) is 0 Å². The number of hydrogen-bond donors (Lipinski definition) is 1. The molecule has 1 N–H and O–H groups in total. The summed E-state index contributed by atoms with van der Waals surface area (Å²) in [6, 6.07) is 5.36. The number of hydrogen-bond acceptors (Lipinski definition) is 2. The van der Waals surface area contributed by atoms with E-state index in [1.54, 1.807) is 17.0 Å². The molecule has 0 radical (unpaired) electrons. The number of benzene rings is 1. The second kappa shape index (κ2) is 5.61. The minimum absolute atomic E-state index is 0.0359. The van der Waals surface area contributed by atoms with Crippen LogP contribution in [0.4, 0.5) is 5.69 Å². The molecule has 0 aromatic heterocycles. The number of amides is 1. The third-order valence-corrected chi connectivity index (χ3v) is 3.82. The maximum atomic E-state index is 12.4. The summed E-state index contributed by atoms with van der Waals surface area (Å²) in [5.74, 6) is 0.713. The Morgan fingerprint density at radius 2 is 2.22 bits per heavy atom. The first kappa shape index (κ1) is 13.2. The highest BCUT2D eigenvalue weighted by molar-refractivity contribution is 6.31. The van der Waals surface area contributed by atoms with Crippen molar-refractivity contribution in [3.63, 3.8) is 0 Å². The molecule has 0 bridgehead atoms. The fraction of sp³-hybridized carbons (Fsp3) is 0.500. The van der Waals surface area contributed by atoms with Crippen LogP contribution in [0, 0.1) is 5.92 Å². The molecule has 1 aromatic carbocycles. The van der Waals surface area contributed by atoms with Gasteiger partial charge in [-0.2, -0.15) is 0 Å². The van der Waals surface area contributed by atoms with Crippen LogP contribution in [0.1, 0.15) is 29.6 Å². The molecule has 1 aromatic rings. The van der Waals surface area contributed by atoms with E-state index in [-0.39, 0.29) is 5.91 Å². The van der Waals surface area contributed by atoms with E-state index in [2.05, 4.69) is 5.32 Å². The number of halogens is 1. The molecule has 0 aliphatic heterocycles. The highest BCUT2D eigenvalue weighted by atomic mass is 35.5. The van der Waals surface area contributed by atoms with Gasteiger partial charge in [-0.3, -0.25) is 4.79 Å². The van der Waals surface area contributed by atoms with Crippen molar-refractivity contribution in [2.45, 2.75) is 19.3 Å². The first-order chi connectivity index (χ1) is 8.61. The third kappa shape index (κ3) is 2.78. The summed E-state index contributed by atoms with van der Waals surface area (Å²) < 4.78 is 0. The highest BCUT2D eigenvalue weighted by Gasteiger charge is 2.23. The van der Waals surface area contributed by atoms with Gasteiger partial charge in [0.25, 0.3) is 5.91 Å². The molecular formula is C14H19ClN2O. The smallest absolute Gasteiger partial charge is 0.255 e. The summed E-state index contributed by atoms with van der Waals surface area (Å²) in [5, 5.41) is 3.63. The highest BCUT2D eigenvalue weighted by Crippen LogP contribution is 2.28. The van der Waals surface area contributed by atoms with Gasteiger partial charge in [0.1, 0.15) is 0 Å². The Morgan fingerprint density at radius 1 is 1.50 bits per heavy atom. The van der Waals surface area contributed by atoms with Crippen molar-refractivity contribution in [3.8, 4) is 0 Å². The SMILES string of the molecule is CNc1ccc(Cl)cc1C(=O)N(C)CC1CCC1. The van der Waals surface area contributed by atoms with Gasteiger partial charge >= 0.3 is 0 Å². The lowest BCUT2D eigenvalue weighted by Gasteiger charge is -2.30. The predicted molar refractivity (Wildman–Crippen MR) is 75.3 cm³/mol. The summed E-state index contributed by atoms with van der Waals surface area (Å²) in [5.41, 5.74) is 1.47. The van der Waals surface area contributed by atoms with Crippen molar-refractivity contribution < 1.29 is 4.79 Å². The summed E-state index contributed by atoms with van der Waals surface area (Å²) in [6.07, 6.45) is 3.78. The molecule has 98 valence electrons. The molecule has 0 atom stereocenters. The number of carbonyl (C=O) groups is 1. The molecule has 2 rings (SSSR count). The van der Waals surface area contributed by atoms with Crippen molar-refractivity contribution in [3.05, 3.63) is 28.8 Å². The third-order valence-electron chi connectivity index (χ3n) is 3.58. The molecule has 1 fully saturated rings. The van der Waals surface area contributed by atoms with Crippen molar-refractivity contribution >= 4 is 23.2 Å². The zero-order valence-corrected chi connectivity index (χ0v) is 11.6. The molecule has 0 heterocycles. The first-order valence-corrected chi connectivity index (χ1v) is 6.72. The molecular weight excluding hydrogens is 248 g/mol. The van der Waals surface area contributed by atoms with Crippen LogP contribution in [0.2, 0.25) is 5.02 Å². The van der Waals surface area contributed by atoms with Gasteiger partial charge in [-0.25, -0.2) is 0 Å². The summed E-state index contributed by atoms with van der Waals surface area (Å²) in [4.78, 5) is 14.2. The Labute approximate surface area is 113 Å². The lowest BCUT2D eigenvalue weighted by atomic mass is 9.85. The van der Waals surface area contributed by atoms with E-state index in [9.17, 15) is 4.79 Å². The monoisotopic (exact) mass is 266 g/mol. The van der Waals surface area contributed by atoms with Crippen molar-refractivity contribution in [1.29, 1.82) is 0 Å². The van der Waals surface area contributed by atoms with Gasteiger partial charge in [-0.15, -0.1) is 0 Å². The van der Waals surface area contributed by atoms with Gasteiger partial charge in [0.05, 0.1) is 5.56 Å². The molecule has 18 heavy (non-hydrogen) atoms. The largest absolute Gasteiger partial charge is 0.387 e. The van der Waals surface area contributed by atoms with E-state index < -0.39 is 0 Å². The van der Waals surface area contributed by atoms with Crippen LogP contribution in [-0.4, -0.2) is 31.4 Å². The second-order valence-electron chi connectivity index (χ2n) is 4.92. The maximum Gasteiger partial charge on any atom is 0.255 e. The molecule has 1 amide bonds. The summed E-state index contributed by atoms with van der Waals surface area (Å²) in [7, 11) is 3.67. The van der Waals surface area contributed by atoms with Crippen LogP contribution < -0.4 is 5.32 Å². The van der Waals surface area contributed by atoms with Crippen molar-refractivity contribution in [1.82, 2.24) is 4.90 Å². The molecule has 1 aliphatic rings. The van der Waals surface area contributed by atoms with E-state index in [0.29, 0.717) is 16.5 Å². The van der Waals surface area contributed by atoms with E-state index in [0.717, 1.165) is 12.2 Å².